The molecule has 0 radical (unpaired) electrons. The minimum atomic E-state index is -4.13. The predicted octanol–water partition coefficient (Wildman–Crippen LogP) is 9.02. The summed E-state index contributed by atoms with van der Waals surface area (Å²) < 4.78 is 65.6. The van der Waals surface area contributed by atoms with Crippen LogP contribution < -0.4 is 19.8 Å². The van der Waals surface area contributed by atoms with Crippen molar-refractivity contribution in [2.24, 2.45) is 20.5 Å². The molecule has 0 aliphatic carbocycles. The van der Waals surface area contributed by atoms with Crippen molar-refractivity contribution in [3.63, 3.8) is 0 Å². The van der Waals surface area contributed by atoms with Crippen molar-refractivity contribution < 1.29 is 35.1 Å². The molecule has 0 spiro atoms. The highest BCUT2D eigenvalue weighted by Crippen LogP contribution is 2.22. The zero-order valence-electron chi connectivity index (χ0n) is 32.1. The summed E-state index contributed by atoms with van der Waals surface area (Å²) in [7, 11) is -8.25. The number of hydrogen-bond donors (Lipinski definition) is 2. The first-order valence-corrected chi connectivity index (χ1v) is 23.2. The van der Waals surface area contributed by atoms with Crippen molar-refractivity contribution in [2.75, 3.05) is 23.7 Å². The van der Waals surface area contributed by atoms with E-state index < -0.39 is 31.7 Å². The van der Waals surface area contributed by atoms with Gasteiger partial charge >= 0.3 is 10.3 Å². The first-order valence-electron chi connectivity index (χ1n) is 18.3. The number of unbranched alkanes of at least 4 members (excludes halogenated alkanes) is 1. The Morgan fingerprint density at radius 3 is 1.22 bits per heavy atom. The van der Waals surface area contributed by atoms with Crippen LogP contribution in [0.3, 0.4) is 0 Å². The van der Waals surface area contributed by atoms with Crippen LogP contribution in [0, 0.1) is 0 Å². The maximum absolute atomic E-state index is 10.2. The highest BCUT2D eigenvalue weighted by atomic mass is 32.2. The van der Waals surface area contributed by atoms with E-state index in [1.54, 1.807) is 83.3 Å². The number of rotatable bonds is 17. The van der Waals surface area contributed by atoms with E-state index >= 15 is 0 Å². The lowest BCUT2D eigenvalue weighted by Crippen LogP contribution is -2.28. The summed E-state index contributed by atoms with van der Waals surface area (Å²) in [5.74, 6) is -0.846. The van der Waals surface area contributed by atoms with Crippen molar-refractivity contribution in [1.29, 1.82) is 0 Å². The lowest BCUT2D eigenvalue weighted by molar-refractivity contribution is -0.677. The lowest BCUT2D eigenvalue weighted by atomic mass is 10.2. The summed E-state index contributed by atoms with van der Waals surface area (Å²) >= 11 is 3.18. The molecule has 0 atom stereocenters. The van der Waals surface area contributed by atoms with Gasteiger partial charge < -0.3 is 19.7 Å². The van der Waals surface area contributed by atoms with Gasteiger partial charge in [-0.25, -0.2) is 26.0 Å². The van der Waals surface area contributed by atoms with E-state index in [-0.39, 0.29) is 0 Å². The number of nitrogens with zero attached hydrogens (tertiary/aromatic N) is 6. The number of nitrogens with one attached hydrogen (secondary N) is 2. The second-order valence-electron chi connectivity index (χ2n) is 12.4. The molecule has 58 heavy (non-hydrogen) atoms. The van der Waals surface area contributed by atoms with Crippen LogP contribution in [-0.2, 0) is 44.8 Å². The normalized spacial score (nSPS) is 11.4. The average molecular weight is 863 g/mol. The number of thiazole rings is 2. The molecule has 0 saturated heterocycles. The summed E-state index contributed by atoms with van der Waals surface area (Å²) in [4.78, 5) is 0. The first-order chi connectivity index (χ1) is 27.9. The number of azo groups is 2. The van der Waals surface area contributed by atoms with Crippen LogP contribution >= 0.6 is 22.7 Å². The molecule has 0 bridgehead atoms. The summed E-state index contributed by atoms with van der Waals surface area (Å²) in [6, 6.07) is 32.9. The molecule has 0 unspecified atom stereocenters. The number of aromatic nitrogens is 2. The lowest BCUT2D eigenvalue weighted by Gasteiger charge is -2.08. The van der Waals surface area contributed by atoms with E-state index in [9.17, 15) is 25.9 Å². The van der Waals surface area contributed by atoms with Crippen LogP contribution in [0.2, 0.25) is 0 Å². The fourth-order valence-electron chi connectivity index (χ4n) is 5.00. The van der Waals surface area contributed by atoms with Crippen molar-refractivity contribution in [1.82, 2.24) is 0 Å². The molecular formula is C40H46N8O6S4. The van der Waals surface area contributed by atoms with Crippen LogP contribution in [0.4, 0.5) is 33.0 Å². The Balaban J connectivity index is 0.000000273. The Morgan fingerprint density at radius 1 is 0.534 bits per heavy atom. The van der Waals surface area contributed by atoms with Crippen LogP contribution in [0.25, 0.3) is 0 Å². The number of benzene rings is 4. The van der Waals surface area contributed by atoms with Crippen LogP contribution in [0.15, 0.2) is 153 Å². The molecule has 6 rings (SSSR count). The first kappa shape index (κ1) is 45.5. The Hall–Kier alpha value is -5.24. The minimum absolute atomic E-state index is 0.423. The standard InChI is InChI=1S/C26H30N8S2.2C7H8O3S/c1-3-33-17-19-35-25(33)31-29-23-11-7-21(8-12-23)27-15-5-6-16-28-22-9-13-24(14-10-22)30-32-26-34(4-2)18-20-36-26;2*8-11(9,10)6-7-4-2-1-3-5-7/h7-14,17-20H,3-6,15-16H2,1-2H3;2*1-5H,6H2,(H,8,9,10). The SMILES string of the molecule is CC[n+]1ccsc1N=Nc1ccc(NCCCCNc2ccc(N=Nc3scc[n+]3CC)cc2)cc1.O=S(=O)([O-])Cc1ccccc1.O=S(=O)([O-])Cc1ccccc1. The van der Waals surface area contributed by atoms with E-state index in [1.165, 1.54) is 0 Å². The van der Waals surface area contributed by atoms with Crippen LogP contribution in [0.5, 0.6) is 0 Å². The second kappa shape index (κ2) is 23.9. The van der Waals surface area contributed by atoms with Crippen molar-refractivity contribution in [3.05, 3.63) is 143 Å². The van der Waals surface area contributed by atoms with Gasteiger partial charge in [-0.2, -0.15) is 0 Å². The fraction of sp³-hybridized carbons (Fsp3) is 0.250. The third-order valence-corrected chi connectivity index (χ3v) is 10.8. The Bertz CT molecular complexity index is 2200. The van der Waals surface area contributed by atoms with E-state index in [4.69, 9.17) is 0 Å². The van der Waals surface area contributed by atoms with Gasteiger partial charge in [0.25, 0.3) is 0 Å². The zero-order valence-corrected chi connectivity index (χ0v) is 35.4. The molecule has 14 nitrogen and oxygen atoms in total. The average Bonchev–Trinajstić information content (AvgIpc) is 3.88. The Morgan fingerprint density at radius 2 is 0.897 bits per heavy atom. The molecule has 306 valence electrons. The summed E-state index contributed by atoms with van der Waals surface area (Å²) in [5.41, 5.74) is 4.95. The van der Waals surface area contributed by atoms with E-state index in [0.717, 1.165) is 72.0 Å². The van der Waals surface area contributed by atoms with E-state index in [0.29, 0.717) is 11.1 Å². The topological polar surface area (TPSA) is 196 Å². The molecule has 2 N–H and O–H groups in total. The molecule has 6 aromatic rings. The van der Waals surface area contributed by atoms with Gasteiger partial charge in [-0.1, -0.05) is 60.7 Å². The van der Waals surface area contributed by atoms with Gasteiger partial charge in [-0.3, -0.25) is 0 Å². The van der Waals surface area contributed by atoms with E-state index in [2.05, 4.69) is 54.1 Å². The molecule has 0 aliphatic heterocycles. The van der Waals surface area contributed by atoms with Crippen LogP contribution in [0.1, 0.15) is 37.8 Å². The number of anilines is 2. The van der Waals surface area contributed by atoms with Gasteiger partial charge in [0, 0.05) is 35.2 Å². The highest BCUT2D eigenvalue weighted by molar-refractivity contribution is 7.85. The molecule has 0 amide bonds. The molecule has 2 aromatic heterocycles. The molecule has 4 aromatic carbocycles. The van der Waals surface area contributed by atoms with Crippen molar-refractivity contribution in [2.45, 2.75) is 51.3 Å². The molecule has 0 aliphatic rings. The summed E-state index contributed by atoms with van der Waals surface area (Å²) in [5, 5.41) is 30.2. The van der Waals surface area contributed by atoms with E-state index in [1.807, 2.05) is 71.7 Å². The Labute approximate surface area is 348 Å². The maximum Gasteiger partial charge on any atom is 0.408 e. The number of aryl methyl sites for hydroxylation is 2. The van der Waals surface area contributed by atoms with Gasteiger partial charge in [0.15, 0.2) is 0 Å². The molecule has 18 heteroatoms. The quantitative estimate of drug-likeness (QED) is 0.0392. The van der Waals surface area contributed by atoms with Gasteiger partial charge in [0.2, 0.25) is 0 Å². The fourth-order valence-corrected chi connectivity index (χ4v) is 7.69. The predicted molar refractivity (Wildman–Crippen MR) is 228 cm³/mol. The van der Waals surface area contributed by atoms with Gasteiger partial charge in [0.05, 0.1) is 55.1 Å². The summed E-state index contributed by atoms with van der Waals surface area (Å²) in [6.45, 7) is 7.84. The van der Waals surface area contributed by atoms with Crippen LogP contribution in [-0.4, -0.2) is 39.0 Å². The smallest absolute Gasteiger partial charge is 0.408 e. The third-order valence-electron chi connectivity index (χ3n) is 7.87. The molecular weight excluding hydrogens is 817 g/mol. The monoisotopic (exact) mass is 862 g/mol. The third kappa shape index (κ3) is 17.9. The van der Waals surface area contributed by atoms with Gasteiger partial charge in [-0.15, -0.1) is 0 Å². The van der Waals surface area contributed by atoms with Crippen molar-refractivity contribution in [3.8, 4) is 0 Å². The Kier molecular flexibility index (Phi) is 18.7. The highest BCUT2D eigenvalue weighted by Gasteiger charge is 2.10. The molecule has 2 heterocycles. The molecule has 0 saturated carbocycles. The largest absolute Gasteiger partial charge is 0.748 e. The van der Waals surface area contributed by atoms with Crippen molar-refractivity contribution >= 4 is 75.9 Å². The zero-order chi connectivity index (χ0) is 41.6. The molecule has 0 fully saturated rings. The van der Waals surface area contributed by atoms with Gasteiger partial charge in [-0.05, 0) is 119 Å². The number of hydrogen-bond acceptors (Lipinski definition) is 14. The second-order valence-corrected chi connectivity index (χ2v) is 16.9. The summed E-state index contributed by atoms with van der Waals surface area (Å²) in [6.07, 6.45) is 6.21. The maximum atomic E-state index is 10.2. The van der Waals surface area contributed by atoms with Gasteiger partial charge in [0.1, 0.15) is 23.8 Å². The minimum Gasteiger partial charge on any atom is -0.748 e.